The number of nitrogens with one attached hydrogen (secondary N) is 2. The summed E-state index contributed by atoms with van der Waals surface area (Å²) in [4.78, 5) is 35.3. The fraction of sp³-hybridized carbons (Fsp3) is 0.850. The van der Waals surface area contributed by atoms with E-state index in [-0.39, 0.29) is 42.0 Å². The molecule has 6 atom stereocenters. The van der Waals surface area contributed by atoms with Gasteiger partial charge in [-0.1, -0.05) is 19.3 Å². The zero-order valence-corrected chi connectivity index (χ0v) is 20.9. The van der Waals surface area contributed by atoms with Crippen molar-refractivity contribution in [2.75, 3.05) is 13.7 Å². The number of carboxylic acid groups (broad SMARTS) is 1. The van der Waals surface area contributed by atoms with E-state index in [1.54, 1.807) is 0 Å². The number of aliphatic carboxylic acids is 1. The van der Waals surface area contributed by atoms with Gasteiger partial charge >= 0.3 is 29.6 Å². The Balaban J connectivity index is 0.00000512. The van der Waals surface area contributed by atoms with Gasteiger partial charge in [-0.3, -0.25) is 9.59 Å². The Morgan fingerprint density at radius 2 is 1.84 bits per heavy atom. The number of hydrogen-bond acceptors (Lipinski definition) is 9. The molecular formula is C20H33N2NaO9. The van der Waals surface area contributed by atoms with Crippen LogP contribution in [0.1, 0.15) is 51.9 Å². The molecule has 12 heteroatoms. The van der Waals surface area contributed by atoms with Crippen LogP contribution in [0.4, 0.5) is 0 Å². The van der Waals surface area contributed by atoms with Crippen LogP contribution in [-0.4, -0.2) is 83.0 Å². The molecule has 32 heavy (non-hydrogen) atoms. The molecule has 0 aromatic rings. The molecule has 0 bridgehead atoms. The molecule has 2 aliphatic rings. The van der Waals surface area contributed by atoms with Gasteiger partial charge in [-0.05, 0) is 18.8 Å². The maximum Gasteiger partial charge on any atom is 1.00 e. The Labute approximate surface area is 209 Å². The maximum absolute atomic E-state index is 12.2. The van der Waals surface area contributed by atoms with Crippen LogP contribution in [0.3, 0.4) is 0 Å². The van der Waals surface area contributed by atoms with Crippen LogP contribution in [0, 0.1) is 5.92 Å². The monoisotopic (exact) mass is 468 g/mol. The summed E-state index contributed by atoms with van der Waals surface area (Å²) in [6.45, 7) is 0.857. The second-order valence-corrected chi connectivity index (χ2v) is 8.39. The number of carbonyl (C=O) groups excluding carboxylic acids is 3. The summed E-state index contributed by atoms with van der Waals surface area (Å²) in [6, 6.07) is -1.22. The SMILES string of the molecule is COC1(C(=O)[O-])C[C@H](O)[C@@H](NC(C)=O)[C@H]([C@H](O)[C@H](O)CNC(=O)CC2CCCCC2)O1.[Na+]. The second kappa shape index (κ2) is 13.2. The first-order valence-corrected chi connectivity index (χ1v) is 10.6. The molecule has 1 heterocycles. The van der Waals surface area contributed by atoms with Crippen LogP contribution in [0.5, 0.6) is 0 Å². The van der Waals surface area contributed by atoms with Crippen LogP contribution < -0.4 is 45.3 Å². The number of methoxy groups -OCH3 is 1. The average Bonchev–Trinajstić information content (AvgIpc) is 2.73. The number of carbonyl (C=O) groups is 3. The van der Waals surface area contributed by atoms with Gasteiger partial charge in [0.2, 0.25) is 17.6 Å². The topological polar surface area (TPSA) is 177 Å². The normalized spacial score (nSPS) is 30.5. The van der Waals surface area contributed by atoms with Gasteiger partial charge in [0.1, 0.15) is 18.2 Å². The minimum absolute atomic E-state index is 0. The quantitative estimate of drug-likeness (QED) is 0.207. The van der Waals surface area contributed by atoms with E-state index in [0.717, 1.165) is 32.8 Å². The van der Waals surface area contributed by atoms with Crippen molar-refractivity contribution in [2.24, 2.45) is 5.92 Å². The summed E-state index contributed by atoms with van der Waals surface area (Å²) in [5.74, 6) is -4.67. The summed E-state index contributed by atoms with van der Waals surface area (Å²) >= 11 is 0. The third-order valence-electron chi connectivity index (χ3n) is 6.02. The van der Waals surface area contributed by atoms with E-state index in [1.165, 1.54) is 13.3 Å². The second-order valence-electron chi connectivity index (χ2n) is 8.39. The van der Waals surface area contributed by atoms with Gasteiger partial charge in [0.15, 0.2) is 0 Å². The van der Waals surface area contributed by atoms with E-state index in [2.05, 4.69) is 10.6 Å². The van der Waals surface area contributed by atoms with Gasteiger partial charge in [-0.15, -0.1) is 0 Å². The van der Waals surface area contributed by atoms with E-state index in [0.29, 0.717) is 12.3 Å². The minimum atomic E-state index is -2.37. The predicted octanol–water partition coefficient (Wildman–Crippen LogP) is -5.45. The first kappa shape index (κ1) is 29.2. The molecule has 178 valence electrons. The number of ether oxygens (including phenoxy) is 2. The van der Waals surface area contributed by atoms with Gasteiger partial charge in [-0.2, -0.15) is 0 Å². The van der Waals surface area contributed by atoms with E-state index in [1.807, 2.05) is 0 Å². The molecular weight excluding hydrogens is 435 g/mol. The molecule has 0 aromatic carbocycles. The molecule has 2 amide bonds. The molecule has 1 aliphatic carbocycles. The number of aliphatic hydroxyl groups excluding tert-OH is 3. The van der Waals surface area contributed by atoms with Crippen LogP contribution in [-0.2, 0) is 23.9 Å². The van der Waals surface area contributed by atoms with E-state index in [9.17, 15) is 34.8 Å². The molecule has 2 fully saturated rings. The van der Waals surface area contributed by atoms with Gasteiger partial charge in [0, 0.05) is 33.4 Å². The fourth-order valence-corrected chi connectivity index (χ4v) is 4.29. The van der Waals surface area contributed by atoms with Crippen LogP contribution in [0.2, 0.25) is 0 Å². The zero-order valence-electron chi connectivity index (χ0n) is 18.9. The summed E-state index contributed by atoms with van der Waals surface area (Å²) in [6.07, 6.45) is -1.26. The molecule has 0 spiro atoms. The number of amides is 2. The van der Waals surface area contributed by atoms with Crippen molar-refractivity contribution >= 4 is 17.8 Å². The maximum atomic E-state index is 12.2. The number of carboxylic acids is 1. The predicted molar refractivity (Wildman–Crippen MR) is 104 cm³/mol. The Kier molecular flexibility index (Phi) is 12.1. The summed E-state index contributed by atoms with van der Waals surface area (Å²) in [5, 5.41) is 48.0. The van der Waals surface area contributed by atoms with Gasteiger partial charge in [0.05, 0.1) is 18.2 Å². The Hall–Kier alpha value is -0.790. The van der Waals surface area contributed by atoms with Crippen molar-refractivity contribution in [2.45, 2.75) is 88.1 Å². The van der Waals surface area contributed by atoms with Crippen molar-refractivity contribution < 1.29 is 73.8 Å². The van der Waals surface area contributed by atoms with Crippen LogP contribution in [0.25, 0.3) is 0 Å². The van der Waals surface area contributed by atoms with Crippen molar-refractivity contribution in [3.63, 3.8) is 0 Å². The number of rotatable bonds is 9. The van der Waals surface area contributed by atoms with Crippen molar-refractivity contribution in [3.05, 3.63) is 0 Å². The Morgan fingerprint density at radius 1 is 1.22 bits per heavy atom. The number of hydrogen-bond donors (Lipinski definition) is 5. The van der Waals surface area contributed by atoms with Crippen molar-refractivity contribution in [1.82, 2.24) is 10.6 Å². The molecule has 1 saturated carbocycles. The summed E-state index contributed by atoms with van der Waals surface area (Å²) in [5.41, 5.74) is 0. The Morgan fingerprint density at radius 3 is 2.38 bits per heavy atom. The largest absolute Gasteiger partial charge is 1.00 e. The fourth-order valence-electron chi connectivity index (χ4n) is 4.29. The van der Waals surface area contributed by atoms with E-state index >= 15 is 0 Å². The Bertz CT molecular complexity index is 647. The van der Waals surface area contributed by atoms with Crippen LogP contribution in [0.15, 0.2) is 0 Å². The minimum Gasteiger partial charge on any atom is -0.544 e. The van der Waals surface area contributed by atoms with Crippen molar-refractivity contribution in [1.29, 1.82) is 0 Å². The third kappa shape index (κ3) is 7.63. The molecule has 0 radical (unpaired) electrons. The first-order chi connectivity index (χ1) is 14.6. The molecule has 1 aliphatic heterocycles. The standard InChI is InChI=1S/C20H34N2O9.Na/c1-11(23)22-16-13(24)9-20(30-2,19(28)29)31-18(16)17(27)14(25)10-21-15(26)8-12-6-4-3-5-7-12;/h12-14,16-18,24-25,27H,3-10H2,1-2H3,(H,21,26)(H,22,23)(H,28,29);/q;+1/p-1/t13-,14+,16+,17+,18+,20?;/m0./s1. The van der Waals surface area contributed by atoms with Gasteiger partial charge in [0.25, 0.3) is 0 Å². The summed E-state index contributed by atoms with van der Waals surface area (Å²) in [7, 11) is 1.03. The van der Waals surface area contributed by atoms with Gasteiger partial charge in [-0.25, -0.2) is 0 Å². The third-order valence-corrected chi connectivity index (χ3v) is 6.02. The molecule has 5 N–H and O–H groups in total. The molecule has 1 saturated heterocycles. The van der Waals surface area contributed by atoms with Gasteiger partial charge < -0.3 is 45.3 Å². The molecule has 1 unspecified atom stereocenters. The van der Waals surface area contributed by atoms with E-state index in [4.69, 9.17) is 9.47 Å². The van der Waals surface area contributed by atoms with Crippen molar-refractivity contribution in [3.8, 4) is 0 Å². The average molecular weight is 468 g/mol. The molecule has 2 rings (SSSR count). The number of aliphatic hydroxyl groups is 3. The first-order valence-electron chi connectivity index (χ1n) is 10.6. The van der Waals surface area contributed by atoms with E-state index < -0.39 is 54.5 Å². The molecule has 0 aromatic heterocycles. The molecule has 11 nitrogen and oxygen atoms in total. The van der Waals surface area contributed by atoms with Crippen LogP contribution >= 0.6 is 0 Å². The smallest absolute Gasteiger partial charge is 0.544 e. The zero-order chi connectivity index (χ0) is 23.2. The summed E-state index contributed by atoms with van der Waals surface area (Å²) < 4.78 is 10.3.